The summed E-state index contributed by atoms with van der Waals surface area (Å²) in [6.45, 7) is 0. The quantitative estimate of drug-likeness (QED) is 0.708. The molecule has 3 aromatic rings. The van der Waals surface area contributed by atoms with Crippen molar-refractivity contribution >= 4 is 22.5 Å². The van der Waals surface area contributed by atoms with E-state index in [-0.39, 0.29) is 5.91 Å². The highest BCUT2D eigenvalue weighted by molar-refractivity contribution is 6.13. The molecule has 1 amide bonds. The van der Waals surface area contributed by atoms with Gasteiger partial charge in [-0.3, -0.25) is 9.69 Å². The van der Waals surface area contributed by atoms with Gasteiger partial charge in [-0.15, -0.1) is 0 Å². The normalized spacial score (nSPS) is 10.4. The molecule has 98 valence electrons. The van der Waals surface area contributed by atoms with Gasteiger partial charge in [0.15, 0.2) is 0 Å². The number of rotatable bonds is 2. The molecule has 1 heterocycles. The van der Waals surface area contributed by atoms with Crippen molar-refractivity contribution < 1.29 is 4.79 Å². The standard InChI is InChI=1S/C17H14N2O/c1-19(16-11-4-5-12-18-16)17(20)15-10-6-8-13-7-2-3-9-14(13)15/h2-12H,1H3. The van der Waals surface area contributed by atoms with Crippen LogP contribution in [0.25, 0.3) is 10.8 Å². The Balaban J connectivity index is 2.05. The summed E-state index contributed by atoms with van der Waals surface area (Å²) in [4.78, 5) is 18.4. The van der Waals surface area contributed by atoms with Crippen LogP contribution in [0.15, 0.2) is 66.9 Å². The number of hydrogen-bond acceptors (Lipinski definition) is 2. The monoisotopic (exact) mass is 262 g/mol. The molecule has 0 bridgehead atoms. The van der Waals surface area contributed by atoms with E-state index in [0.717, 1.165) is 10.8 Å². The van der Waals surface area contributed by atoms with E-state index in [9.17, 15) is 4.79 Å². The highest BCUT2D eigenvalue weighted by atomic mass is 16.2. The zero-order chi connectivity index (χ0) is 13.9. The van der Waals surface area contributed by atoms with Gasteiger partial charge in [0.05, 0.1) is 0 Å². The maximum Gasteiger partial charge on any atom is 0.259 e. The fourth-order valence-electron chi connectivity index (χ4n) is 2.25. The van der Waals surface area contributed by atoms with Crippen molar-refractivity contribution in [3.63, 3.8) is 0 Å². The predicted molar refractivity (Wildman–Crippen MR) is 80.9 cm³/mol. The summed E-state index contributed by atoms with van der Waals surface area (Å²) in [6.07, 6.45) is 1.68. The molecule has 0 radical (unpaired) electrons. The van der Waals surface area contributed by atoms with E-state index in [0.29, 0.717) is 11.4 Å². The van der Waals surface area contributed by atoms with Gasteiger partial charge in [0.2, 0.25) is 0 Å². The average Bonchev–Trinajstić information content (AvgIpc) is 2.54. The lowest BCUT2D eigenvalue weighted by Gasteiger charge is -2.17. The summed E-state index contributed by atoms with van der Waals surface area (Å²) in [6, 6.07) is 19.2. The number of fused-ring (bicyclic) bond motifs is 1. The molecule has 0 aliphatic heterocycles. The zero-order valence-corrected chi connectivity index (χ0v) is 11.2. The van der Waals surface area contributed by atoms with Gasteiger partial charge in [0.25, 0.3) is 5.91 Å². The number of amides is 1. The summed E-state index contributed by atoms with van der Waals surface area (Å²) in [5.41, 5.74) is 0.691. The van der Waals surface area contributed by atoms with Gasteiger partial charge in [-0.1, -0.05) is 42.5 Å². The molecule has 0 unspecified atom stereocenters. The van der Waals surface area contributed by atoms with Crippen molar-refractivity contribution in [3.05, 3.63) is 72.4 Å². The number of carbonyl (C=O) groups excluding carboxylic acids is 1. The fourth-order valence-corrected chi connectivity index (χ4v) is 2.25. The Morgan fingerprint density at radius 2 is 1.70 bits per heavy atom. The molecule has 0 saturated heterocycles. The number of nitrogens with zero attached hydrogens (tertiary/aromatic N) is 2. The van der Waals surface area contributed by atoms with Crippen LogP contribution in [-0.4, -0.2) is 17.9 Å². The van der Waals surface area contributed by atoms with Crippen molar-refractivity contribution in [1.82, 2.24) is 4.98 Å². The van der Waals surface area contributed by atoms with E-state index in [4.69, 9.17) is 0 Å². The Morgan fingerprint density at radius 1 is 0.950 bits per heavy atom. The Labute approximate surface area is 117 Å². The fraction of sp³-hybridized carbons (Fsp3) is 0.0588. The summed E-state index contributed by atoms with van der Waals surface area (Å²) in [5, 5.41) is 2.02. The van der Waals surface area contributed by atoms with Gasteiger partial charge >= 0.3 is 0 Å². The first-order valence-electron chi connectivity index (χ1n) is 6.44. The Bertz CT molecular complexity index is 748. The molecule has 3 rings (SSSR count). The SMILES string of the molecule is CN(C(=O)c1cccc2ccccc12)c1ccccn1. The van der Waals surface area contributed by atoms with Crippen LogP contribution in [-0.2, 0) is 0 Å². The first-order valence-corrected chi connectivity index (χ1v) is 6.44. The highest BCUT2D eigenvalue weighted by Gasteiger charge is 2.16. The third kappa shape index (κ3) is 2.14. The van der Waals surface area contributed by atoms with Crippen LogP contribution in [0.1, 0.15) is 10.4 Å². The molecular weight excluding hydrogens is 248 g/mol. The summed E-state index contributed by atoms with van der Waals surface area (Å²) >= 11 is 0. The van der Waals surface area contributed by atoms with Crippen molar-refractivity contribution in [2.45, 2.75) is 0 Å². The number of anilines is 1. The minimum Gasteiger partial charge on any atom is -0.296 e. The first-order chi connectivity index (χ1) is 9.77. The number of pyridine rings is 1. The second-order valence-electron chi connectivity index (χ2n) is 4.58. The van der Waals surface area contributed by atoms with E-state index in [1.807, 2.05) is 60.7 Å². The van der Waals surface area contributed by atoms with Crippen LogP contribution in [0.3, 0.4) is 0 Å². The minimum absolute atomic E-state index is 0.0551. The van der Waals surface area contributed by atoms with Gasteiger partial charge in [0.1, 0.15) is 5.82 Å². The van der Waals surface area contributed by atoms with E-state index < -0.39 is 0 Å². The molecule has 0 fully saturated rings. The molecule has 0 saturated carbocycles. The summed E-state index contributed by atoms with van der Waals surface area (Å²) in [7, 11) is 1.74. The number of benzene rings is 2. The van der Waals surface area contributed by atoms with Crippen LogP contribution in [0.2, 0.25) is 0 Å². The lowest BCUT2D eigenvalue weighted by Crippen LogP contribution is -2.27. The zero-order valence-electron chi connectivity index (χ0n) is 11.2. The Kier molecular flexibility index (Phi) is 3.17. The molecule has 20 heavy (non-hydrogen) atoms. The minimum atomic E-state index is -0.0551. The maximum atomic E-state index is 12.6. The van der Waals surface area contributed by atoms with Crippen LogP contribution >= 0.6 is 0 Å². The Morgan fingerprint density at radius 3 is 2.50 bits per heavy atom. The van der Waals surface area contributed by atoms with Gasteiger partial charge in [-0.25, -0.2) is 4.98 Å². The lowest BCUT2D eigenvalue weighted by molar-refractivity contribution is 0.0994. The van der Waals surface area contributed by atoms with E-state index in [2.05, 4.69) is 4.98 Å². The van der Waals surface area contributed by atoms with Gasteiger partial charge < -0.3 is 0 Å². The lowest BCUT2D eigenvalue weighted by atomic mass is 10.0. The van der Waals surface area contributed by atoms with Gasteiger partial charge in [-0.2, -0.15) is 0 Å². The largest absolute Gasteiger partial charge is 0.296 e. The summed E-state index contributed by atoms with van der Waals surface area (Å²) in [5.74, 6) is 0.589. The van der Waals surface area contributed by atoms with Crippen LogP contribution in [0, 0.1) is 0 Å². The molecule has 0 atom stereocenters. The van der Waals surface area contributed by atoms with Crippen molar-refractivity contribution in [3.8, 4) is 0 Å². The predicted octanol–water partition coefficient (Wildman–Crippen LogP) is 3.51. The van der Waals surface area contributed by atoms with E-state index in [1.54, 1.807) is 18.1 Å². The third-order valence-electron chi connectivity index (χ3n) is 3.32. The van der Waals surface area contributed by atoms with Crippen LogP contribution < -0.4 is 4.90 Å². The molecule has 0 aliphatic carbocycles. The summed E-state index contributed by atoms with van der Waals surface area (Å²) < 4.78 is 0. The molecule has 3 nitrogen and oxygen atoms in total. The second-order valence-corrected chi connectivity index (χ2v) is 4.58. The molecule has 0 N–H and O–H groups in total. The molecule has 1 aromatic heterocycles. The van der Waals surface area contributed by atoms with Crippen LogP contribution in [0.5, 0.6) is 0 Å². The molecule has 3 heteroatoms. The van der Waals surface area contributed by atoms with Crippen molar-refractivity contribution in [2.24, 2.45) is 0 Å². The van der Waals surface area contributed by atoms with Crippen molar-refractivity contribution in [2.75, 3.05) is 11.9 Å². The maximum absolute atomic E-state index is 12.6. The highest BCUT2D eigenvalue weighted by Crippen LogP contribution is 2.21. The molecule has 0 aliphatic rings. The van der Waals surface area contributed by atoms with E-state index in [1.165, 1.54) is 0 Å². The number of hydrogen-bond donors (Lipinski definition) is 0. The average molecular weight is 262 g/mol. The second kappa shape index (κ2) is 5.13. The van der Waals surface area contributed by atoms with Crippen LogP contribution in [0.4, 0.5) is 5.82 Å². The third-order valence-corrected chi connectivity index (χ3v) is 3.32. The molecular formula is C17H14N2O. The van der Waals surface area contributed by atoms with Crippen molar-refractivity contribution in [1.29, 1.82) is 0 Å². The number of carbonyl (C=O) groups is 1. The number of aromatic nitrogens is 1. The molecule has 0 spiro atoms. The Hall–Kier alpha value is -2.68. The van der Waals surface area contributed by atoms with Gasteiger partial charge in [-0.05, 0) is 29.0 Å². The van der Waals surface area contributed by atoms with E-state index >= 15 is 0 Å². The topological polar surface area (TPSA) is 33.2 Å². The smallest absolute Gasteiger partial charge is 0.259 e. The molecule has 2 aromatic carbocycles. The van der Waals surface area contributed by atoms with Gasteiger partial charge in [0, 0.05) is 18.8 Å². The first kappa shape index (κ1) is 12.4.